The molecule has 0 bridgehead atoms. The Morgan fingerprint density at radius 3 is 2.47 bits per heavy atom. The van der Waals surface area contributed by atoms with Crippen molar-refractivity contribution in [3.05, 3.63) is 42.1 Å². The third kappa shape index (κ3) is 8.42. The monoisotopic (exact) mass is 689 g/mol. The van der Waals surface area contributed by atoms with Gasteiger partial charge in [0, 0.05) is 12.3 Å². The van der Waals surface area contributed by atoms with Crippen molar-refractivity contribution in [2.45, 2.75) is 108 Å². The summed E-state index contributed by atoms with van der Waals surface area (Å²) in [5, 5.41) is 5.44. The number of hydrogen-bond acceptors (Lipinski definition) is 9. The number of carbonyl (C=O) groups is 4. The van der Waals surface area contributed by atoms with Gasteiger partial charge >= 0.3 is 18.2 Å². The molecule has 2 aromatic rings. The molecule has 1 saturated heterocycles. The second-order valence-corrected chi connectivity index (χ2v) is 13.6. The highest BCUT2D eigenvalue weighted by molar-refractivity contribution is 5.96. The lowest BCUT2D eigenvalue weighted by Crippen LogP contribution is -2.56. The van der Waals surface area contributed by atoms with Crippen molar-refractivity contribution in [3.8, 4) is 5.88 Å². The van der Waals surface area contributed by atoms with Crippen molar-refractivity contribution < 1.29 is 46.6 Å². The van der Waals surface area contributed by atoms with Gasteiger partial charge in [-0.1, -0.05) is 37.1 Å². The molecule has 266 valence electrons. The zero-order valence-electron chi connectivity index (χ0n) is 28.0. The van der Waals surface area contributed by atoms with Crippen LogP contribution in [-0.4, -0.2) is 81.2 Å². The van der Waals surface area contributed by atoms with Gasteiger partial charge in [-0.05, 0) is 65.5 Å². The second kappa shape index (κ2) is 14.2. The highest BCUT2D eigenvalue weighted by Gasteiger charge is 2.62. The standard InChI is InChI=1S/C34H42F3N5O7/c1-5-47-30(45)33-18-20(33)13-9-7-6-8-10-16-24(40-31(46)49-32(2,3)4)29(44)42-19-21(17-25(42)27(43)41-33)48-28-26(34(35,36)37)38-22-14-11-12-15-23(22)39-28/h9,11-15,20-21,24-25H,5-8,10,16-19H2,1-4H3,(H,40,46)(H,41,43)/t20-,21-,24+,25+,33-/m1/s1. The van der Waals surface area contributed by atoms with E-state index in [0.717, 1.165) is 12.8 Å². The number of fused-ring (bicyclic) bond motifs is 3. The first-order valence-corrected chi connectivity index (χ1v) is 16.6. The topological polar surface area (TPSA) is 149 Å². The van der Waals surface area contributed by atoms with Gasteiger partial charge in [0.2, 0.25) is 23.4 Å². The van der Waals surface area contributed by atoms with Crippen LogP contribution >= 0.6 is 0 Å². The predicted octanol–water partition coefficient (Wildman–Crippen LogP) is 4.85. The van der Waals surface area contributed by atoms with E-state index >= 15 is 0 Å². The first kappa shape index (κ1) is 35.9. The number of esters is 1. The van der Waals surface area contributed by atoms with E-state index in [9.17, 15) is 32.3 Å². The van der Waals surface area contributed by atoms with Gasteiger partial charge < -0.3 is 29.7 Å². The SMILES string of the molecule is CCOC(=O)[C@@]12C[C@H]1C=CCCCCC[C@H](NC(=O)OC(C)(C)C)C(=O)N1C[C@H](Oc3nc4ccccc4nc3C(F)(F)F)C[C@H]1C(=O)N2. The quantitative estimate of drug-likeness (QED) is 0.332. The molecule has 1 aliphatic carbocycles. The maximum atomic E-state index is 14.2. The largest absolute Gasteiger partial charge is 0.471 e. The Labute approximate surface area is 282 Å². The minimum Gasteiger partial charge on any atom is -0.471 e. The Morgan fingerprint density at radius 2 is 1.80 bits per heavy atom. The fourth-order valence-corrected chi connectivity index (χ4v) is 6.25. The molecule has 12 nitrogen and oxygen atoms in total. The summed E-state index contributed by atoms with van der Waals surface area (Å²) in [5.74, 6) is -3.07. The summed E-state index contributed by atoms with van der Waals surface area (Å²) in [4.78, 5) is 63.3. The summed E-state index contributed by atoms with van der Waals surface area (Å²) in [6.45, 7) is 6.47. The van der Waals surface area contributed by atoms with Crippen LogP contribution in [0.15, 0.2) is 36.4 Å². The maximum absolute atomic E-state index is 14.2. The van der Waals surface area contributed by atoms with Crippen molar-refractivity contribution in [2.75, 3.05) is 13.2 Å². The van der Waals surface area contributed by atoms with Crippen LogP contribution in [0, 0.1) is 5.92 Å². The van der Waals surface area contributed by atoms with E-state index in [1.165, 1.54) is 23.1 Å². The molecular weight excluding hydrogens is 647 g/mol. The maximum Gasteiger partial charge on any atom is 0.438 e. The molecule has 2 N–H and O–H groups in total. The number of carbonyl (C=O) groups excluding carboxylic acids is 4. The number of amides is 3. The molecule has 5 atom stereocenters. The molecule has 3 amide bonds. The van der Waals surface area contributed by atoms with Crippen LogP contribution in [0.25, 0.3) is 11.0 Å². The first-order chi connectivity index (χ1) is 23.1. The minimum absolute atomic E-state index is 0.0178. The summed E-state index contributed by atoms with van der Waals surface area (Å²) >= 11 is 0. The number of nitrogens with one attached hydrogen (secondary N) is 2. The molecule has 49 heavy (non-hydrogen) atoms. The second-order valence-electron chi connectivity index (χ2n) is 13.6. The van der Waals surface area contributed by atoms with Gasteiger partial charge in [0.1, 0.15) is 29.3 Å². The molecule has 0 radical (unpaired) electrons. The molecule has 0 unspecified atom stereocenters. The Kier molecular flexibility index (Phi) is 10.4. The number of alkyl carbamates (subject to hydrolysis) is 1. The lowest BCUT2D eigenvalue weighted by atomic mass is 10.0. The Balaban J connectivity index is 1.49. The van der Waals surface area contributed by atoms with Crippen molar-refractivity contribution in [2.24, 2.45) is 5.92 Å². The van der Waals surface area contributed by atoms with Crippen LogP contribution in [0.1, 0.15) is 78.3 Å². The molecule has 5 rings (SSSR count). The van der Waals surface area contributed by atoms with Crippen molar-refractivity contribution in [1.29, 1.82) is 0 Å². The van der Waals surface area contributed by atoms with Gasteiger partial charge in [0.05, 0.1) is 24.2 Å². The molecule has 1 saturated carbocycles. The number of allylic oxidation sites excluding steroid dienone is 1. The van der Waals surface area contributed by atoms with Crippen LogP contribution < -0.4 is 15.4 Å². The third-order valence-corrected chi connectivity index (χ3v) is 8.66. The number of aromatic nitrogens is 2. The summed E-state index contributed by atoms with van der Waals surface area (Å²) in [7, 11) is 0. The van der Waals surface area contributed by atoms with Crippen LogP contribution in [0.5, 0.6) is 5.88 Å². The number of benzene rings is 1. The molecule has 15 heteroatoms. The summed E-state index contributed by atoms with van der Waals surface area (Å²) in [5.41, 5.74) is -3.36. The van der Waals surface area contributed by atoms with E-state index in [0.29, 0.717) is 19.3 Å². The number of nitrogens with zero attached hydrogens (tertiary/aromatic N) is 3. The molecule has 1 aromatic carbocycles. The first-order valence-electron chi connectivity index (χ1n) is 16.6. The van der Waals surface area contributed by atoms with Gasteiger partial charge in [-0.3, -0.25) is 9.59 Å². The Hall–Kier alpha value is -4.43. The fraction of sp³-hybridized carbons (Fsp3) is 0.588. The molecule has 3 heterocycles. The van der Waals surface area contributed by atoms with Gasteiger partial charge in [-0.2, -0.15) is 13.2 Å². The molecule has 2 fully saturated rings. The normalized spacial score (nSPS) is 26.5. The number of halogens is 3. The zero-order chi connectivity index (χ0) is 35.6. The number of ether oxygens (including phenoxy) is 3. The van der Waals surface area contributed by atoms with Crippen LogP contribution in [0.2, 0.25) is 0 Å². The highest BCUT2D eigenvalue weighted by atomic mass is 19.4. The number of para-hydroxylation sites is 2. The summed E-state index contributed by atoms with van der Waals surface area (Å²) < 4.78 is 59.0. The number of hydrogen-bond donors (Lipinski definition) is 2. The molecule has 3 aliphatic rings. The average Bonchev–Trinajstić information content (AvgIpc) is 3.54. The fourth-order valence-electron chi connectivity index (χ4n) is 6.25. The summed E-state index contributed by atoms with van der Waals surface area (Å²) in [6.07, 6.45) is 0.0481. The van der Waals surface area contributed by atoms with Gasteiger partial charge in [-0.25, -0.2) is 19.6 Å². The summed E-state index contributed by atoms with van der Waals surface area (Å²) in [6, 6.07) is 3.66. The minimum atomic E-state index is -4.91. The van der Waals surface area contributed by atoms with Crippen LogP contribution in [-0.2, 0) is 30.0 Å². The lowest BCUT2D eigenvalue weighted by molar-refractivity contribution is -0.150. The van der Waals surface area contributed by atoms with E-state index in [2.05, 4.69) is 20.6 Å². The molecule has 1 aromatic heterocycles. The smallest absolute Gasteiger partial charge is 0.438 e. The Bertz CT molecular complexity index is 1610. The highest BCUT2D eigenvalue weighted by Crippen LogP contribution is 2.46. The van der Waals surface area contributed by atoms with Gasteiger partial charge in [0.15, 0.2) is 0 Å². The van der Waals surface area contributed by atoms with Gasteiger partial charge in [0.25, 0.3) is 0 Å². The van der Waals surface area contributed by atoms with E-state index in [1.807, 2.05) is 12.2 Å². The third-order valence-electron chi connectivity index (χ3n) is 8.66. The number of rotatable bonds is 5. The van der Waals surface area contributed by atoms with Crippen molar-refractivity contribution in [3.63, 3.8) is 0 Å². The molecule has 2 aliphatic heterocycles. The molecule has 0 spiro atoms. The predicted molar refractivity (Wildman–Crippen MR) is 170 cm³/mol. The average molecular weight is 690 g/mol. The Morgan fingerprint density at radius 1 is 1.08 bits per heavy atom. The van der Waals surface area contributed by atoms with E-state index in [1.54, 1.807) is 33.8 Å². The van der Waals surface area contributed by atoms with Gasteiger partial charge in [-0.15, -0.1) is 0 Å². The van der Waals surface area contributed by atoms with E-state index < -0.39 is 71.0 Å². The van der Waals surface area contributed by atoms with E-state index in [-0.39, 0.29) is 42.9 Å². The number of alkyl halides is 3. The lowest BCUT2D eigenvalue weighted by Gasteiger charge is -2.30. The van der Waals surface area contributed by atoms with Crippen molar-refractivity contribution in [1.82, 2.24) is 25.5 Å². The van der Waals surface area contributed by atoms with Crippen LogP contribution in [0.4, 0.5) is 18.0 Å². The van der Waals surface area contributed by atoms with Crippen molar-refractivity contribution >= 4 is 34.9 Å². The van der Waals surface area contributed by atoms with E-state index in [4.69, 9.17) is 14.2 Å². The molecular formula is C34H42F3N5O7. The van der Waals surface area contributed by atoms with Crippen LogP contribution in [0.3, 0.4) is 0 Å². The zero-order valence-corrected chi connectivity index (χ0v) is 28.0.